The van der Waals surface area contributed by atoms with Crippen molar-refractivity contribution in [3.8, 4) is 0 Å². The van der Waals surface area contributed by atoms with E-state index in [0.717, 1.165) is 0 Å². The molecule has 12 heavy (non-hydrogen) atoms. The molecule has 0 fully saturated rings. The Labute approximate surface area is 87.6 Å². The van der Waals surface area contributed by atoms with Crippen LogP contribution in [0.25, 0.3) is 0 Å². The van der Waals surface area contributed by atoms with Gasteiger partial charge in [0.1, 0.15) is 0 Å². The Kier molecular flexibility index (Phi) is 4.86. The molecule has 0 amide bonds. The summed E-state index contributed by atoms with van der Waals surface area (Å²) in [5.74, 6) is 0. The van der Waals surface area contributed by atoms with E-state index in [1.54, 1.807) is 22.5 Å². The number of benzene rings is 1. The van der Waals surface area contributed by atoms with Crippen molar-refractivity contribution in [2.75, 3.05) is 0 Å². The quantitative estimate of drug-likeness (QED) is 0.733. The third-order valence-electron chi connectivity index (χ3n) is 2.00. The van der Waals surface area contributed by atoms with Crippen LogP contribution in [0.2, 0.25) is 4.44 Å². The number of hydrogen-bond acceptors (Lipinski definition) is 0. The van der Waals surface area contributed by atoms with E-state index in [2.05, 4.69) is 44.2 Å². The first-order valence-corrected chi connectivity index (χ1v) is 5.89. The molecule has 1 rings (SSSR count). The van der Waals surface area contributed by atoms with Crippen LogP contribution >= 0.6 is 0 Å². The first kappa shape index (κ1) is 12.0. The van der Waals surface area contributed by atoms with E-state index >= 15 is 0 Å². The second-order valence-electron chi connectivity index (χ2n) is 3.43. The van der Waals surface area contributed by atoms with Gasteiger partial charge in [0, 0.05) is 0 Å². The zero-order valence-corrected chi connectivity index (χ0v) is 10.4. The van der Waals surface area contributed by atoms with E-state index in [1.165, 1.54) is 10.0 Å². The molecule has 65 valence electrons. The van der Waals surface area contributed by atoms with Crippen molar-refractivity contribution in [3.05, 3.63) is 35.9 Å². The molecule has 1 aromatic rings. The van der Waals surface area contributed by atoms with E-state index in [9.17, 15) is 0 Å². The largest absolute Gasteiger partial charge is 0.412 e. The summed E-state index contributed by atoms with van der Waals surface area (Å²) in [7, 11) is 0. The molecule has 0 aliphatic rings. The van der Waals surface area contributed by atoms with Crippen LogP contribution in [0.5, 0.6) is 0 Å². The standard InChI is InChI=1S/C10H13.H2O.Sn/c1-10(2,3)9-7-5-4-6-8-9;;/h4-8H,1H2,2-3H3;1H2;. The summed E-state index contributed by atoms with van der Waals surface area (Å²) in [6.07, 6.45) is 0. The smallest absolute Gasteiger partial charge is 0.412 e. The van der Waals surface area contributed by atoms with Gasteiger partial charge in [-0.2, -0.15) is 0 Å². The van der Waals surface area contributed by atoms with Gasteiger partial charge < -0.3 is 5.48 Å². The Morgan fingerprint density at radius 3 is 2.08 bits per heavy atom. The van der Waals surface area contributed by atoms with Crippen LogP contribution in [0.4, 0.5) is 0 Å². The molecule has 0 saturated heterocycles. The second kappa shape index (κ2) is 4.87. The van der Waals surface area contributed by atoms with Crippen molar-refractivity contribution in [2.45, 2.75) is 23.7 Å². The first-order chi connectivity index (χ1) is 5.17. The monoisotopic (exact) mass is 271 g/mol. The van der Waals surface area contributed by atoms with Gasteiger partial charge in [0.25, 0.3) is 0 Å². The molecule has 2 N–H and O–H groups in total. The summed E-state index contributed by atoms with van der Waals surface area (Å²) in [6, 6.07) is 10.7. The summed E-state index contributed by atoms with van der Waals surface area (Å²) in [6.45, 7) is 4.61. The molecule has 2 heteroatoms. The van der Waals surface area contributed by atoms with Gasteiger partial charge in [0.05, 0.1) is 0 Å². The topological polar surface area (TPSA) is 31.5 Å². The second-order valence-corrected chi connectivity index (χ2v) is 4.44. The number of rotatable bonds is 2. The van der Waals surface area contributed by atoms with Gasteiger partial charge in [0.15, 0.2) is 0 Å². The third kappa shape index (κ3) is 2.79. The van der Waals surface area contributed by atoms with Gasteiger partial charge in [-0.25, -0.2) is 0 Å². The van der Waals surface area contributed by atoms with Gasteiger partial charge in [-0.1, -0.05) is 0 Å². The van der Waals surface area contributed by atoms with E-state index in [0.29, 0.717) is 5.41 Å². The van der Waals surface area contributed by atoms with Crippen LogP contribution in [0, 0.1) is 0 Å². The fourth-order valence-electron chi connectivity index (χ4n) is 0.991. The number of hydrogen-bond donors (Lipinski definition) is 0. The van der Waals surface area contributed by atoms with Crippen molar-refractivity contribution in [1.82, 2.24) is 0 Å². The molecule has 0 bridgehead atoms. The van der Waals surface area contributed by atoms with Crippen LogP contribution in [0.15, 0.2) is 30.3 Å². The maximum Gasteiger partial charge on any atom is -0.412 e. The summed E-state index contributed by atoms with van der Waals surface area (Å²) in [5, 5.41) is 0. The predicted molar refractivity (Wildman–Crippen MR) is 53.6 cm³/mol. The minimum Gasteiger partial charge on any atom is -0.412 e. The van der Waals surface area contributed by atoms with Gasteiger partial charge in [-0.3, -0.25) is 0 Å². The normalized spacial score (nSPS) is 10.6. The average Bonchev–Trinajstić information content (AvgIpc) is 2.06. The molecule has 3 radical (unpaired) electrons. The zero-order valence-electron chi connectivity index (χ0n) is 7.59. The summed E-state index contributed by atoms with van der Waals surface area (Å²) in [5.41, 5.74) is 1.83. The van der Waals surface area contributed by atoms with Crippen molar-refractivity contribution in [2.24, 2.45) is 0 Å². The molecule has 0 aliphatic heterocycles. The van der Waals surface area contributed by atoms with Gasteiger partial charge in [0.2, 0.25) is 0 Å². The maximum absolute atomic E-state index is 2.30. The van der Waals surface area contributed by atoms with Crippen LogP contribution in [0.1, 0.15) is 19.4 Å². The molecule has 0 aromatic heterocycles. The SMILES string of the molecule is CC(C)([CH2][Sn])c1ccccc1.O. The molecule has 0 atom stereocenters. The summed E-state index contributed by atoms with van der Waals surface area (Å²) in [4.78, 5) is 0. The first-order valence-electron chi connectivity index (χ1n) is 3.87. The van der Waals surface area contributed by atoms with E-state index in [-0.39, 0.29) is 5.48 Å². The molecule has 0 aliphatic carbocycles. The van der Waals surface area contributed by atoms with Gasteiger partial charge in [-0.15, -0.1) is 0 Å². The van der Waals surface area contributed by atoms with Crippen molar-refractivity contribution in [3.63, 3.8) is 0 Å². The molecular formula is C10H15OSn. The zero-order chi connectivity index (χ0) is 8.32. The molecular weight excluding hydrogens is 255 g/mol. The molecule has 0 saturated carbocycles. The third-order valence-corrected chi connectivity index (χ3v) is 4.52. The Bertz CT molecular complexity index is 219. The molecule has 0 unspecified atom stereocenters. The van der Waals surface area contributed by atoms with Crippen LogP contribution in [0.3, 0.4) is 0 Å². The van der Waals surface area contributed by atoms with Crippen LogP contribution in [-0.2, 0) is 5.41 Å². The van der Waals surface area contributed by atoms with E-state index < -0.39 is 0 Å². The average molecular weight is 270 g/mol. The van der Waals surface area contributed by atoms with Crippen LogP contribution in [-0.4, -0.2) is 28.0 Å². The predicted octanol–water partition coefficient (Wildman–Crippen LogP) is 1.73. The molecule has 0 spiro atoms. The fraction of sp³-hybridized carbons (Fsp3) is 0.400. The summed E-state index contributed by atoms with van der Waals surface area (Å²) >= 11 is 1.62. The molecule has 1 nitrogen and oxygen atoms in total. The Hall–Kier alpha value is -0.0213. The minimum atomic E-state index is 0. The Balaban J connectivity index is 0.00000121. The van der Waals surface area contributed by atoms with E-state index in [1.807, 2.05) is 0 Å². The molecule has 1 aromatic carbocycles. The van der Waals surface area contributed by atoms with Gasteiger partial charge >= 0.3 is 82.1 Å². The minimum absolute atomic E-state index is 0. The van der Waals surface area contributed by atoms with Crippen molar-refractivity contribution in [1.29, 1.82) is 0 Å². The van der Waals surface area contributed by atoms with Crippen LogP contribution < -0.4 is 0 Å². The Morgan fingerprint density at radius 1 is 1.17 bits per heavy atom. The van der Waals surface area contributed by atoms with Crippen molar-refractivity contribution < 1.29 is 5.48 Å². The Morgan fingerprint density at radius 2 is 1.67 bits per heavy atom. The fourth-order valence-corrected chi connectivity index (χ4v) is 1.57. The summed E-state index contributed by atoms with van der Waals surface area (Å²) < 4.78 is 1.28. The van der Waals surface area contributed by atoms with Gasteiger partial charge in [-0.05, 0) is 0 Å². The maximum atomic E-state index is 2.30. The van der Waals surface area contributed by atoms with E-state index in [4.69, 9.17) is 0 Å². The molecule has 0 heterocycles. The van der Waals surface area contributed by atoms with Crippen molar-refractivity contribution >= 4 is 22.5 Å².